The normalized spacial score (nSPS) is 39.9. The number of carbonyl (C=O) groups excluding carboxylic acids is 5. The predicted molar refractivity (Wildman–Crippen MR) is 564 cm³/mol. The molecule has 0 unspecified atom stereocenters. The number of aryl methyl sites for hydroxylation is 5. The average molecular weight is 2010 g/mol. The SMILES string of the molecule is [2H]C([2H])(C1CCC(NC(=O)NC)CC1)C([2H])([2H])N1CCN(c2cccc(C)c2Cl)CC1.[2H]C([2H])(CC1([2H])C([2H])([2H])C([2H])([2H])C([2H])(NC(=O)NC)C([2H])([2H])C1([2H])[2H])N1CCN(c2cccc(C)c2Cl)CC1.[2H]C([2H])(CN1CCN(c2cccc(C)c2Cl)CC1)C1([2H])C([2H])([2H])C([2H])([2H])C([2H])(NC(=O)NC)C([2H])([2H])C1([2H])[2H].[2H]C1([2H])C([2H])([2H])C([2H])(NC(=O)NC)C([2H])([2H])C([2H])([2H])C1([2H])CCN1CCN(c2cccc(C)c2Cl)CC1.[2H]C1([2H])C([2H])([2H])C([2H])(NC(=O)NC)C([2H])([2H])C([2H])([2H])C1([2H])CCN1CCN(c2cccc(C)c2Cl)CC1. The third kappa shape index (κ3) is 34.9. The van der Waals surface area contributed by atoms with Crippen LogP contribution in [0, 0.1) is 64.1 Å². The van der Waals surface area contributed by atoms with E-state index in [1.54, 1.807) is 38.1 Å². The Bertz CT molecular complexity index is 6640. The van der Waals surface area contributed by atoms with Crippen LogP contribution in [0.5, 0.6) is 0 Å². The molecule has 5 saturated carbocycles. The largest absolute Gasteiger partial charge is 0.368 e. The Labute approximate surface area is 902 Å². The minimum Gasteiger partial charge on any atom is -0.368 e. The minimum absolute atomic E-state index is 0.0118. The number of piperazine rings is 5. The molecular formula is C105H165Cl5N20O5. The first-order valence-corrected chi connectivity index (χ1v) is 47.4. The highest BCUT2D eigenvalue weighted by molar-refractivity contribution is 6.35. The zero-order valence-electron chi connectivity index (χ0n) is 126. The maximum absolute atomic E-state index is 12.0. The van der Waals surface area contributed by atoms with Crippen molar-refractivity contribution in [3.63, 3.8) is 0 Å². The summed E-state index contributed by atoms with van der Waals surface area (Å²) in [5, 5.41) is 23.7. The number of amides is 10. The van der Waals surface area contributed by atoms with Crippen LogP contribution in [0.15, 0.2) is 91.0 Å². The van der Waals surface area contributed by atoms with Crippen LogP contribution in [0.25, 0.3) is 0 Å². The highest BCUT2D eigenvalue weighted by Crippen LogP contribution is 2.39. The monoisotopic (exact) mass is 2010 g/mol. The van der Waals surface area contributed by atoms with E-state index in [-0.39, 0.29) is 57.3 Å². The Balaban J connectivity index is 0.000000212. The van der Waals surface area contributed by atoms with E-state index in [1.165, 1.54) is 4.90 Å². The van der Waals surface area contributed by atoms with Crippen LogP contribution in [-0.2, 0) is 0 Å². The number of nitrogens with one attached hydrogen (secondary N) is 10. The summed E-state index contributed by atoms with van der Waals surface area (Å²) in [6.45, 7) is 12.5. The molecule has 10 fully saturated rings. The second kappa shape index (κ2) is 56.8. The molecule has 25 nitrogen and oxygen atoms in total. The zero-order valence-corrected chi connectivity index (χ0v) is 82.2. The molecule has 750 valence electrons. The molecule has 5 aromatic rings. The van der Waals surface area contributed by atoms with Crippen LogP contribution in [0.3, 0.4) is 0 Å². The molecule has 5 aliphatic heterocycles. The number of halogens is 5. The standard InChI is InChI=1S/5C21H33ClN4O/c5*1-16-4-3-5-19(20(16)22)26-14-12-25(13-15-26)11-10-17-6-8-18(9-7-17)24-21(27)23-2/h5*3-5,17-18H,6-15H2,1-2H3,(H2,23,24,27)/i6D2,7D2,8D2,9D2,11D2,17D,18D;6D2,7D2,8D2,9D2,10D2,17D,18D;2*6D2,7D2,8D2,9D2,17D,18D;10D2,11D2. The molecule has 0 aromatic heterocycles. The third-order valence-corrected chi connectivity index (χ3v) is 26.2. The van der Waals surface area contributed by atoms with Gasteiger partial charge in [0.05, 0.1) is 59.0 Å². The number of carbonyl (C=O) groups is 5. The molecule has 15 rings (SSSR count). The smallest absolute Gasteiger partial charge is 0.314 e. The topological polar surface area (TPSA) is 238 Å². The van der Waals surface area contributed by atoms with E-state index < -0.39 is 225 Å². The van der Waals surface area contributed by atoms with E-state index in [9.17, 15) is 24.0 Å². The summed E-state index contributed by atoms with van der Waals surface area (Å²) < 4.78 is 411. The van der Waals surface area contributed by atoms with Crippen molar-refractivity contribution in [2.75, 3.05) is 223 Å². The molecule has 10 N–H and O–H groups in total. The number of benzene rings is 5. The molecule has 10 aliphatic rings. The average Bonchev–Trinajstić information content (AvgIpc) is 0.637. The van der Waals surface area contributed by atoms with Gasteiger partial charge in [-0.15, -0.1) is 0 Å². The first-order chi connectivity index (χ1) is 83.3. The molecule has 0 radical (unpaired) electrons. The number of rotatable bonds is 25. The molecule has 30 heteroatoms. The Morgan fingerprint density at radius 1 is 0.296 bits per heavy atom. The fourth-order valence-corrected chi connectivity index (χ4v) is 16.8. The summed E-state index contributed by atoms with van der Waals surface area (Å²) in [4.78, 5) is 77.9. The maximum Gasteiger partial charge on any atom is 0.314 e. The van der Waals surface area contributed by atoms with E-state index >= 15 is 0 Å². The van der Waals surface area contributed by atoms with Gasteiger partial charge < -0.3 is 77.7 Å². The van der Waals surface area contributed by atoms with Gasteiger partial charge in [0.25, 0.3) is 0 Å². The first kappa shape index (κ1) is 59.4. The van der Waals surface area contributed by atoms with Gasteiger partial charge in [-0.2, -0.15) is 0 Å². The molecule has 5 aliphatic carbocycles. The van der Waals surface area contributed by atoms with Crippen LogP contribution in [0.2, 0.25) is 25.1 Å². The fourth-order valence-electron chi connectivity index (χ4n) is 15.6. The van der Waals surface area contributed by atoms with Gasteiger partial charge in [0, 0.05) is 257 Å². The number of urea groups is 5. The van der Waals surface area contributed by atoms with E-state index in [0.717, 1.165) is 89.5 Å². The highest BCUT2D eigenvalue weighted by Gasteiger charge is 2.33. The summed E-state index contributed by atoms with van der Waals surface area (Å²) in [5.74, 6) is -13.3. The fraction of sp³-hybridized carbons (Fsp3) is 0.667. The van der Waals surface area contributed by atoms with Crippen molar-refractivity contribution >= 4 is 117 Å². The summed E-state index contributed by atoms with van der Waals surface area (Å²) in [5.41, 5.74) is 8.90. The van der Waals surface area contributed by atoms with Crippen molar-refractivity contribution < 1.29 is 89.8 Å². The minimum atomic E-state index is -3.79. The van der Waals surface area contributed by atoms with Crippen LogP contribution in [0.4, 0.5) is 52.4 Å². The van der Waals surface area contributed by atoms with Gasteiger partial charge in [-0.25, -0.2) is 24.0 Å². The lowest BCUT2D eigenvalue weighted by Gasteiger charge is -2.37. The van der Waals surface area contributed by atoms with Crippen molar-refractivity contribution in [3.8, 4) is 0 Å². The van der Waals surface area contributed by atoms with E-state index in [1.807, 2.05) is 156 Å². The van der Waals surface area contributed by atoms with Crippen molar-refractivity contribution in [3.05, 3.63) is 144 Å². The van der Waals surface area contributed by atoms with Crippen LogP contribution in [-0.4, -0.2) is 284 Å². The lowest BCUT2D eigenvalue weighted by molar-refractivity contribution is 0.205. The molecule has 10 amide bonds. The molecule has 0 atom stereocenters. The molecule has 135 heavy (non-hydrogen) atoms. The number of hydrogen-bond acceptors (Lipinski definition) is 15. The van der Waals surface area contributed by atoms with Gasteiger partial charge in [-0.3, -0.25) is 24.5 Å². The van der Waals surface area contributed by atoms with Crippen LogP contribution < -0.4 is 77.7 Å². The van der Waals surface area contributed by atoms with Crippen molar-refractivity contribution in [2.24, 2.45) is 29.5 Å². The summed E-state index contributed by atoms with van der Waals surface area (Å²) in [6, 6.07) is 9.60. The van der Waals surface area contributed by atoms with Gasteiger partial charge in [0.2, 0.25) is 0 Å². The molecule has 5 heterocycles. The van der Waals surface area contributed by atoms with Gasteiger partial charge in [0.15, 0.2) is 0 Å². The second-order valence-electron chi connectivity index (χ2n) is 33.1. The molecule has 5 aromatic carbocycles. The third-order valence-electron chi connectivity index (χ3n) is 23.8. The first-order valence-electron chi connectivity index (χ1n) is 69.5. The van der Waals surface area contributed by atoms with Crippen molar-refractivity contribution in [2.45, 2.75) is 224 Å². The van der Waals surface area contributed by atoms with E-state index in [2.05, 4.69) is 36.0 Å². The van der Waals surface area contributed by atoms with Gasteiger partial charge in [-0.05, 0) is 315 Å². The number of nitrogens with zero attached hydrogens (tertiary/aromatic N) is 10. The predicted octanol–water partition coefficient (Wildman–Crippen LogP) is 18.2. The van der Waals surface area contributed by atoms with E-state index in [4.69, 9.17) is 124 Å². The summed E-state index contributed by atoms with van der Waals surface area (Å²) in [7, 11) is 6.07. The zero-order chi connectivity index (χ0) is 139. The Morgan fingerprint density at radius 2 is 0.533 bits per heavy atom. The van der Waals surface area contributed by atoms with E-state index in [0.29, 0.717) is 150 Å². The van der Waals surface area contributed by atoms with Crippen LogP contribution in [0.1, 0.15) is 253 Å². The second-order valence-corrected chi connectivity index (χ2v) is 35.0. The summed E-state index contributed by atoms with van der Waals surface area (Å²) in [6.07, 6.45) is -62.0. The number of hydrogen-bond donors (Lipinski definition) is 10. The lowest BCUT2D eigenvalue weighted by atomic mass is 9.84. The Morgan fingerprint density at radius 3 is 0.807 bits per heavy atom. The van der Waals surface area contributed by atoms with Gasteiger partial charge >= 0.3 is 30.2 Å². The number of anilines is 5. The van der Waals surface area contributed by atoms with Crippen LogP contribution >= 0.6 is 58.0 Å². The molecule has 0 spiro atoms. The Hall–Kier alpha value is -7.30. The summed E-state index contributed by atoms with van der Waals surface area (Å²) >= 11 is 32.2. The maximum atomic E-state index is 12.0. The quantitative estimate of drug-likeness (QED) is 0.0262. The Kier molecular flexibility index (Phi) is 25.0. The molecular weight excluding hydrogens is 1800 g/mol. The highest BCUT2D eigenvalue weighted by atomic mass is 35.5. The lowest BCUT2D eigenvalue weighted by Crippen LogP contribution is -2.47. The van der Waals surface area contributed by atoms with Crippen molar-refractivity contribution in [1.29, 1.82) is 0 Å². The van der Waals surface area contributed by atoms with Gasteiger partial charge in [0.1, 0.15) is 0 Å². The van der Waals surface area contributed by atoms with Gasteiger partial charge in [-0.1, -0.05) is 119 Å². The molecule has 0 bridgehead atoms. The van der Waals surface area contributed by atoms with Crippen molar-refractivity contribution in [1.82, 2.24) is 77.7 Å². The molecule has 5 saturated heterocycles.